The SMILES string of the molecule is C#Cc1ccc(C(C(=O)OC)N2CCN(C(=O)OC(C)(C)C)CCN(C(=O)OC(C)(C)C)CCN(C(=O)OC(C)(C)C)CC2)cc1. The van der Waals surface area contributed by atoms with E-state index in [9.17, 15) is 19.2 Å². The van der Waals surface area contributed by atoms with Gasteiger partial charge in [-0.25, -0.2) is 19.2 Å². The van der Waals surface area contributed by atoms with Gasteiger partial charge in [0.15, 0.2) is 0 Å². The molecule has 1 aromatic rings. The van der Waals surface area contributed by atoms with Gasteiger partial charge in [-0.1, -0.05) is 18.1 Å². The van der Waals surface area contributed by atoms with Crippen LogP contribution in [-0.4, -0.2) is 120 Å². The monoisotopic (exact) mass is 644 g/mol. The molecule has 256 valence electrons. The van der Waals surface area contributed by atoms with Gasteiger partial charge < -0.3 is 33.6 Å². The van der Waals surface area contributed by atoms with Gasteiger partial charge in [0, 0.05) is 57.9 Å². The van der Waals surface area contributed by atoms with Crippen LogP contribution in [0.2, 0.25) is 0 Å². The highest BCUT2D eigenvalue weighted by Gasteiger charge is 2.33. The van der Waals surface area contributed by atoms with Crippen LogP contribution in [0.1, 0.15) is 79.5 Å². The first-order chi connectivity index (χ1) is 21.2. The number of terminal acetylenes is 1. The summed E-state index contributed by atoms with van der Waals surface area (Å²) in [5.74, 6) is 2.07. The molecule has 12 nitrogen and oxygen atoms in total. The van der Waals surface area contributed by atoms with Crippen LogP contribution >= 0.6 is 0 Å². The van der Waals surface area contributed by atoms with Gasteiger partial charge in [0.2, 0.25) is 0 Å². The fraction of sp³-hybridized carbons (Fsp3) is 0.647. The highest BCUT2D eigenvalue weighted by Crippen LogP contribution is 2.24. The number of methoxy groups -OCH3 is 1. The quantitative estimate of drug-likeness (QED) is 0.257. The van der Waals surface area contributed by atoms with Crippen LogP contribution in [0.4, 0.5) is 14.4 Å². The molecular weight excluding hydrogens is 592 g/mol. The molecule has 0 bridgehead atoms. The zero-order chi connectivity index (χ0) is 34.9. The number of amides is 3. The summed E-state index contributed by atoms with van der Waals surface area (Å²) in [5.41, 5.74) is -0.971. The van der Waals surface area contributed by atoms with Crippen molar-refractivity contribution in [3.63, 3.8) is 0 Å². The molecule has 0 saturated carbocycles. The fourth-order valence-electron chi connectivity index (χ4n) is 4.58. The molecule has 1 saturated heterocycles. The molecule has 1 atom stereocenters. The maximum atomic E-state index is 13.4. The predicted molar refractivity (Wildman–Crippen MR) is 174 cm³/mol. The second-order valence-corrected chi connectivity index (χ2v) is 14.1. The summed E-state index contributed by atoms with van der Waals surface area (Å²) in [5, 5.41) is 0. The van der Waals surface area contributed by atoms with E-state index < -0.39 is 47.1 Å². The number of rotatable bonds is 3. The highest BCUT2D eigenvalue weighted by molar-refractivity contribution is 5.77. The first kappa shape index (κ1) is 38.2. The maximum Gasteiger partial charge on any atom is 0.410 e. The van der Waals surface area contributed by atoms with Gasteiger partial charge in [-0.05, 0) is 80.0 Å². The Morgan fingerprint density at radius 1 is 0.630 bits per heavy atom. The second-order valence-electron chi connectivity index (χ2n) is 14.1. The Labute approximate surface area is 274 Å². The third kappa shape index (κ3) is 12.8. The number of ether oxygens (including phenoxy) is 4. The molecule has 2 rings (SSSR count). The lowest BCUT2D eigenvalue weighted by atomic mass is 10.0. The Morgan fingerprint density at radius 3 is 1.24 bits per heavy atom. The molecular formula is C34H52N4O8. The Kier molecular flexibility index (Phi) is 13.3. The number of hydrogen-bond donors (Lipinski definition) is 0. The summed E-state index contributed by atoms with van der Waals surface area (Å²) in [4.78, 5) is 59.7. The average Bonchev–Trinajstić information content (AvgIpc) is 2.91. The summed E-state index contributed by atoms with van der Waals surface area (Å²) >= 11 is 0. The largest absolute Gasteiger partial charge is 0.468 e. The summed E-state index contributed by atoms with van der Waals surface area (Å²) in [7, 11) is 1.31. The first-order valence-corrected chi connectivity index (χ1v) is 15.5. The molecule has 46 heavy (non-hydrogen) atoms. The van der Waals surface area contributed by atoms with E-state index in [0.29, 0.717) is 11.1 Å². The molecule has 1 aliphatic heterocycles. The molecule has 0 radical (unpaired) electrons. The van der Waals surface area contributed by atoms with Crippen molar-refractivity contribution in [1.29, 1.82) is 0 Å². The Morgan fingerprint density at radius 2 is 0.957 bits per heavy atom. The predicted octanol–water partition coefficient (Wildman–Crippen LogP) is 4.91. The molecule has 1 fully saturated rings. The molecule has 0 aromatic heterocycles. The maximum absolute atomic E-state index is 13.4. The minimum absolute atomic E-state index is 0.115. The summed E-state index contributed by atoms with van der Waals surface area (Å²) in [6, 6.07) is 6.16. The van der Waals surface area contributed by atoms with Crippen LogP contribution in [0.15, 0.2) is 24.3 Å². The summed E-state index contributed by atoms with van der Waals surface area (Å²) < 4.78 is 22.3. The Hall–Kier alpha value is -3.98. The van der Waals surface area contributed by atoms with Gasteiger partial charge in [-0.3, -0.25) is 4.90 Å². The topological polar surface area (TPSA) is 118 Å². The zero-order valence-corrected chi connectivity index (χ0v) is 29.2. The van der Waals surface area contributed by atoms with Gasteiger partial charge in [0.25, 0.3) is 0 Å². The zero-order valence-electron chi connectivity index (χ0n) is 29.2. The fourth-order valence-corrected chi connectivity index (χ4v) is 4.58. The van der Waals surface area contributed by atoms with Crippen LogP contribution < -0.4 is 0 Å². The third-order valence-electron chi connectivity index (χ3n) is 6.73. The molecule has 1 aliphatic rings. The van der Waals surface area contributed by atoms with Crippen molar-refractivity contribution in [2.24, 2.45) is 0 Å². The molecule has 1 unspecified atom stereocenters. The van der Waals surface area contributed by atoms with Crippen LogP contribution in [0, 0.1) is 12.3 Å². The van der Waals surface area contributed by atoms with E-state index in [1.54, 1.807) is 86.6 Å². The lowest BCUT2D eigenvalue weighted by molar-refractivity contribution is -0.147. The summed E-state index contributed by atoms with van der Waals surface area (Å²) in [6.45, 7) is 17.2. The number of esters is 1. The van der Waals surface area contributed by atoms with Crippen molar-refractivity contribution < 1.29 is 38.1 Å². The van der Waals surface area contributed by atoms with Crippen molar-refractivity contribution in [2.45, 2.75) is 85.2 Å². The smallest absolute Gasteiger partial charge is 0.410 e. The van der Waals surface area contributed by atoms with Crippen LogP contribution in [-0.2, 0) is 23.7 Å². The van der Waals surface area contributed by atoms with Crippen molar-refractivity contribution in [1.82, 2.24) is 19.6 Å². The molecule has 0 aliphatic carbocycles. The van der Waals surface area contributed by atoms with E-state index >= 15 is 0 Å². The Balaban J connectivity index is 2.56. The van der Waals surface area contributed by atoms with Gasteiger partial charge in [0.05, 0.1) is 7.11 Å². The van der Waals surface area contributed by atoms with Crippen LogP contribution in [0.25, 0.3) is 0 Å². The average molecular weight is 645 g/mol. The summed E-state index contributed by atoms with van der Waals surface area (Å²) in [6.07, 6.45) is 3.87. The third-order valence-corrected chi connectivity index (χ3v) is 6.73. The second kappa shape index (κ2) is 16.0. The number of carbonyl (C=O) groups is 4. The number of nitrogens with zero attached hydrogens (tertiary/aromatic N) is 4. The van der Waals surface area contributed by atoms with Crippen molar-refractivity contribution >= 4 is 24.2 Å². The van der Waals surface area contributed by atoms with E-state index in [1.807, 2.05) is 4.90 Å². The Bertz CT molecular complexity index is 1190. The van der Waals surface area contributed by atoms with Crippen molar-refractivity contribution in [3.8, 4) is 12.3 Å². The number of hydrogen-bond acceptors (Lipinski definition) is 9. The molecule has 0 spiro atoms. The molecule has 3 amide bonds. The van der Waals surface area contributed by atoms with E-state index in [2.05, 4.69) is 5.92 Å². The van der Waals surface area contributed by atoms with Crippen molar-refractivity contribution in [3.05, 3.63) is 35.4 Å². The van der Waals surface area contributed by atoms with Gasteiger partial charge >= 0.3 is 24.2 Å². The minimum Gasteiger partial charge on any atom is -0.468 e. The minimum atomic E-state index is -0.862. The van der Waals surface area contributed by atoms with Gasteiger partial charge in [-0.2, -0.15) is 0 Å². The first-order valence-electron chi connectivity index (χ1n) is 15.5. The molecule has 1 aromatic carbocycles. The highest BCUT2D eigenvalue weighted by atomic mass is 16.6. The number of carbonyl (C=O) groups excluding carboxylic acids is 4. The van der Waals surface area contributed by atoms with Crippen LogP contribution in [0.5, 0.6) is 0 Å². The van der Waals surface area contributed by atoms with Gasteiger partial charge in [0.1, 0.15) is 22.8 Å². The van der Waals surface area contributed by atoms with E-state index in [0.717, 1.165) is 0 Å². The van der Waals surface area contributed by atoms with E-state index in [4.69, 9.17) is 25.4 Å². The lowest BCUT2D eigenvalue weighted by Crippen LogP contribution is -2.52. The normalized spacial score (nSPS) is 16.7. The molecule has 1 heterocycles. The van der Waals surface area contributed by atoms with Crippen molar-refractivity contribution in [2.75, 3.05) is 59.5 Å². The lowest BCUT2D eigenvalue weighted by Gasteiger charge is -2.37. The molecule has 0 N–H and O–H groups in total. The number of benzene rings is 1. The standard InChI is InChI=1S/C34H52N4O8/c1-12-25-13-15-26(16-14-25)27(28(39)43-11)35-17-19-36(29(40)44-32(2,3)4)21-23-38(31(42)46-34(8,9)10)24-22-37(20-18-35)30(41)45-33(5,6)7/h1,13-16,27H,17-24H2,2-11H3. The van der Waals surface area contributed by atoms with Crippen LogP contribution in [0.3, 0.4) is 0 Å². The van der Waals surface area contributed by atoms with E-state index in [-0.39, 0.29) is 52.4 Å². The molecule has 12 heteroatoms. The van der Waals surface area contributed by atoms with Gasteiger partial charge in [-0.15, -0.1) is 6.42 Å². The van der Waals surface area contributed by atoms with E-state index in [1.165, 1.54) is 21.8 Å².